The van der Waals surface area contributed by atoms with Crippen molar-refractivity contribution in [1.82, 2.24) is 4.90 Å². The molecule has 0 aliphatic heterocycles. The van der Waals surface area contributed by atoms with Crippen molar-refractivity contribution in [3.63, 3.8) is 0 Å². The van der Waals surface area contributed by atoms with E-state index in [9.17, 15) is 8.42 Å². The molecule has 0 aliphatic carbocycles. The van der Waals surface area contributed by atoms with Crippen molar-refractivity contribution in [2.75, 3.05) is 41.0 Å². The van der Waals surface area contributed by atoms with E-state index in [2.05, 4.69) is 18.0 Å². The summed E-state index contributed by atoms with van der Waals surface area (Å²) in [6.07, 6.45) is 1.78. The molecule has 0 heterocycles. The SMILES string of the molecule is COc1ccc(CCN(C)CCCOc2ccc(S(=O)(=O)c3ccccc3)cc2)cc1OC. The number of benzene rings is 3. The van der Waals surface area contributed by atoms with Crippen molar-refractivity contribution >= 4 is 9.84 Å². The van der Waals surface area contributed by atoms with Crippen LogP contribution >= 0.6 is 0 Å². The van der Waals surface area contributed by atoms with Crippen molar-refractivity contribution in [3.8, 4) is 17.2 Å². The van der Waals surface area contributed by atoms with Crippen LogP contribution in [0.5, 0.6) is 17.2 Å². The molecule has 0 atom stereocenters. The van der Waals surface area contributed by atoms with Crippen LogP contribution < -0.4 is 14.2 Å². The van der Waals surface area contributed by atoms with E-state index in [0.29, 0.717) is 12.4 Å². The summed E-state index contributed by atoms with van der Waals surface area (Å²) in [5, 5.41) is 0. The highest BCUT2D eigenvalue weighted by Crippen LogP contribution is 2.27. The minimum atomic E-state index is -3.51. The Morgan fingerprint density at radius 2 is 1.45 bits per heavy atom. The van der Waals surface area contributed by atoms with Crippen molar-refractivity contribution in [3.05, 3.63) is 78.4 Å². The quantitative estimate of drug-likeness (QED) is 0.365. The lowest BCUT2D eigenvalue weighted by Gasteiger charge is -2.17. The summed E-state index contributed by atoms with van der Waals surface area (Å²) in [5.41, 5.74) is 1.20. The highest BCUT2D eigenvalue weighted by molar-refractivity contribution is 7.91. The van der Waals surface area contributed by atoms with Gasteiger partial charge in [-0.25, -0.2) is 8.42 Å². The lowest BCUT2D eigenvalue weighted by molar-refractivity contribution is 0.264. The number of ether oxygens (including phenoxy) is 3. The van der Waals surface area contributed by atoms with E-state index in [1.807, 2.05) is 12.1 Å². The molecular weight excluding hydrogens is 438 g/mol. The number of nitrogens with zero attached hydrogens (tertiary/aromatic N) is 1. The summed E-state index contributed by atoms with van der Waals surface area (Å²) in [5.74, 6) is 2.14. The standard InChI is InChI=1S/C26H31NO5S/c1-27(18-16-21-10-15-25(30-2)26(20-21)31-3)17-7-19-32-22-11-13-24(14-12-22)33(28,29)23-8-5-4-6-9-23/h4-6,8-15,20H,7,16-19H2,1-3H3. The zero-order valence-corrected chi connectivity index (χ0v) is 20.2. The van der Waals surface area contributed by atoms with Crippen molar-refractivity contribution in [1.29, 1.82) is 0 Å². The van der Waals surface area contributed by atoms with Crippen LogP contribution in [0.1, 0.15) is 12.0 Å². The minimum absolute atomic E-state index is 0.260. The average molecular weight is 470 g/mol. The molecule has 6 nitrogen and oxygen atoms in total. The second-order valence-electron chi connectivity index (χ2n) is 7.73. The van der Waals surface area contributed by atoms with Crippen molar-refractivity contribution in [2.45, 2.75) is 22.6 Å². The second-order valence-corrected chi connectivity index (χ2v) is 9.68. The maximum atomic E-state index is 12.7. The van der Waals surface area contributed by atoms with Gasteiger partial charge in [-0.05, 0) is 74.0 Å². The Hall–Kier alpha value is -3.03. The molecule has 0 aliphatic rings. The van der Waals surface area contributed by atoms with E-state index in [-0.39, 0.29) is 9.79 Å². The Balaban J connectivity index is 1.42. The van der Waals surface area contributed by atoms with Gasteiger partial charge in [0.1, 0.15) is 5.75 Å². The Labute approximate surface area is 196 Å². The molecule has 0 radical (unpaired) electrons. The summed E-state index contributed by atoms with van der Waals surface area (Å²) in [7, 11) is 1.86. The van der Waals surface area contributed by atoms with Gasteiger partial charge in [-0.2, -0.15) is 0 Å². The highest BCUT2D eigenvalue weighted by atomic mass is 32.2. The molecule has 0 bridgehead atoms. The topological polar surface area (TPSA) is 65.1 Å². The number of rotatable bonds is 12. The van der Waals surface area contributed by atoms with E-state index in [1.165, 1.54) is 5.56 Å². The summed E-state index contributed by atoms with van der Waals surface area (Å²) >= 11 is 0. The van der Waals surface area contributed by atoms with Crippen molar-refractivity contribution < 1.29 is 22.6 Å². The molecule has 0 saturated carbocycles. The third kappa shape index (κ3) is 6.73. The van der Waals surface area contributed by atoms with Crippen LogP contribution in [0.2, 0.25) is 0 Å². The molecule has 3 aromatic rings. The maximum absolute atomic E-state index is 12.7. The summed E-state index contributed by atoms with van der Waals surface area (Å²) < 4.78 is 41.7. The van der Waals surface area contributed by atoms with Gasteiger partial charge < -0.3 is 19.1 Å². The lowest BCUT2D eigenvalue weighted by Crippen LogP contribution is -2.23. The molecule has 0 spiro atoms. The van der Waals surface area contributed by atoms with Gasteiger partial charge in [-0.3, -0.25) is 0 Å². The molecule has 0 saturated heterocycles. The fourth-order valence-electron chi connectivity index (χ4n) is 3.44. The van der Waals surface area contributed by atoms with Crippen LogP contribution in [-0.4, -0.2) is 54.3 Å². The van der Waals surface area contributed by atoms with Gasteiger partial charge >= 0.3 is 0 Å². The third-order valence-corrected chi connectivity index (χ3v) is 7.16. The summed E-state index contributed by atoms with van der Waals surface area (Å²) in [6.45, 7) is 2.38. The van der Waals surface area contributed by atoms with Gasteiger partial charge in [-0.15, -0.1) is 0 Å². The van der Waals surface area contributed by atoms with Gasteiger partial charge in [0.2, 0.25) is 9.84 Å². The number of likely N-dealkylation sites (N-methyl/N-ethyl adjacent to an activating group) is 1. The Morgan fingerprint density at radius 3 is 2.12 bits per heavy atom. The van der Waals surface area contributed by atoms with Crippen molar-refractivity contribution in [2.24, 2.45) is 0 Å². The molecule has 3 aromatic carbocycles. The highest BCUT2D eigenvalue weighted by Gasteiger charge is 2.16. The van der Waals surface area contributed by atoms with Gasteiger partial charge in [0.15, 0.2) is 11.5 Å². The van der Waals surface area contributed by atoms with Gasteiger partial charge in [0.05, 0.1) is 30.6 Å². The van der Waals surface area contributed by atoms with Crippen LogP contribution in [0.4, 0.5) is 0 Å². The zero-order chi connectivity index (χ0) is 23.7. The predicted octanol–water partition coefficient (Wildman–Crippen LogP) is 4.48. The van der Waals surface area contributed by atoms with E-state index >= 15 is 0 Å². The first kappa shape index (κ1) is 24.6. The number of methoxy groups -OCH3 is 2. The first-order valence-corrected chi connectivity index (χ1v) is 12.3. The summed E-state index contributed by atoms with van der Waals surface area (Å²) in [6, 6.07) is 21.0. The maximum Gasteiger partial charge on any atom is 0.206 e. The van der Waals surface area contributed by atoms with Crippen LogP contribution in [0.25, 0.3) is 0 Å². The smallest absolute Gasteiger partial charge is 0.206 e. The number of sulfone groups is 1. The monoisotopic (exact) mass is 469 g/mol. The van der Waals surface area contributed by atoms with E-state index < -0.39 is 9.84 Å². The molecule has 0 amide bonds. The van der Waals surface area contributed by atoms with Crippen LogP contribution in [0.15, 0.2) is 82.6 Å². The molecule has 33 heavy (non-hydrogen) atoms. The molecule has 176 valence electrons. The van der Waals surface area contributed by atoms with E-state index in [0.717, 1.165) is 37.4 Å². The summed E-state index contributed by atoms with van der Waals surface area (Å²) in [4.78, 5) is 2.81. The lowest BCUT2D eigenvalue weighted by atomic mass is 10.1. The van der Waals surface area contributed by atoms with Crippen LogP contribution in [0, 0.1) is 0 Å². The average Bonchev–Trinajstić information content (AvgIpc) is 2.86. The molecule has 7 heteroatoms. The largest absolute Gasteiger partial charge is 0.494 e. The fraction of sp³-hybridized carbons (Fsp3) is 0.308. The number of hydrogen-bond acceptors (Lipinski definition) is 6. The Bertz CT molecular complexity index is 1120. The first-order valence-electron chi connectivity index (χ1n) is 10.9. The van der Waals surface area contributed by atoms with Gasteiger partial charge in [-0.1, -0.05) is 24.3 Å². The molecule has 0 fully saturated rings. The molecule has 0 unspecified atom stereocenters. The Morgan fingerprint density at radius 1 is 0.788 bits per heavy atom. The molecule has 3 rings (SSSR count). The van der Waals surface area contributed by atoms with Gasteiger partial charge in [0.25, 0.3) is 0 Å². The van der Waals surface area contributed by atoms with Crippen LogP contribution in [0.3, 0.4) is 0 Å². The second kappa shape index (κ2) is 11.7. The van der Waals surface area contributed by atoms with E-state index in [1.54, 1.807) is 68.8 Å². The molecule has 0 N–H and O–H groups in total. The molecular formula is C26H31NO5S. The first-order chi connectivity index (χ1) is 15.9. The Kier molecular flexibility index (Phi) is 8.74. The third-order valence-electron chi connectivity index (χ3n) is 5.37. The normalized spacial score (nSPS) is 11.4. The predicted molar refractivity (Wildman–Crippen MR) is 129 cm³/mol. The number of hydrogen-bond donors (Lipinski definition) is 0. The molecule has 0 aromatic heterocycles. The van der Waals surface area contributed by atoms with E-state index in [4.69, 9.17) is 14.2 Å². The fourth-order valence-corrected chi connectivity index (χ4v) is 4.73. The minimum Gasteiger partial charge on any atom is -0.494 e. The van der Waals surface area contributed by atoms with Gasteiger partial charge in [0, 0.05) is 13.1 Å². The van der Waals surface area contributed by atoms with Crippen LogP contribution in [-0.2, 0) is 16.3 Å². The zero-order valence-electron chi connectivity index (χ0n) is 19.4.